The Balaban J connectivity index is 1.97. The topological polar surface area (TPSA) is 61.9 Å². The molecule has 0 bridgehead atoms. The predicted molar refractivity (Wildman–Crippen MR) is 112 cm³/mol. The van der Waals surface area contributed by atoms with Crippen LogP contribution in [-0.4, -0.2) is 66.6 Å². The van der Waals surface area contributed by atoms with Gasteiger partial charge in [0.05, 0.1) is 18.7 Å². The van der Waals surface area contributed by atoms with E-state index in [1.54, 1.807) is 11.9 Å². The van der Waals surface area contributed by atoms with Gasteiger partial charge in [0.1, 0.15) is 0 Å². The van der Waals surface area contributed by atoms with Crippen LogP contribution >= 0.6 is 11.8 Å². The van der Waals surface area contributed by atoms with Gasteiger partial charge in [-0.15, -0.1) is 0 Å². The smallest absolute Gasteiger partial charge is 0.338 e. The minimum Gasteiger partial charge on any atom is -0.466 e. The maximum absolute atomic E-state index is 12.7. The summed E-state index contributed by atoms with van der Waals surface area (Å²) in [6.45, 7) is 6.93. The van der Waals surface area contributed by atoms with Crippen LogP contribution in [0.3, 0.4) is 0 Å². The Hall–Kier alpha value is -1.99. The van der Waals surface area contributed by atoms with Crippen LogP contribution in [0.15, 0.2) is 41.6 Å². The molecule has 0 spiro atoms. The molecule has 1 saturated heterocycles. The first-order valence-electron chi connectivity index (χ1n) is 9.66. The van der Waals surface area contributed by atoms with Crippen molar-refractivity contribution in [1.82, 2.24) is 15.1 Å². The molecule has 3 rings (SSSR count). The number of likely N-dealkylation sites (N-methyl/N-ethyl adjacent to an activating group) is 1. The van der Waals surface area contributed by atoms with E-state index in [1.165, 1.54) is 7.11 Å². The second kappa shape index (κ2) is 9.01. The molecule has 1 aromatic rings. The summed E-state index contributed by atoms with van der Waals surface area (Å²) in [5.74, 6) is 1.25. The maximum Gasteiger partial charge on any atom is 0.338 e. The zero-order chi connectivity index (χ0) is 20.3. The Morgan fingerprint density at radius 1 is 1.32 bits per heavy atom. The van der Waals surface area contributed by atoms with Gasteiger partial charge in [0.15, 0.2) is 0 Å². The van der Waals surface area contributed by atoms with E-state index < -0.39 is 12.0 Å². The maximum atomic E-state index is 12.7. The Bertz CT molecular complexity index is 751. The fourth-order valence-corrected chi connectivity index (χ4v) is 5.05. The van der Waals surface area contributed by atoms with E-state index in [2.05, 4.69) is 24.1 Å². The summed E-state index contributed by atoms with van der Waals surface area (Å²) >= 11 is 2.01. The van der Waals surface area contributed by atoms with Crippen molar-refractivity contribution in [3.8, 4) is 0 Å². The zero-order valence-corrected chi connectivity index (χ0v) is 17.8. The quantitative estimate of drug-likeness (QED) is 0.766. The highest BCUT2D eigenvalue weighted by Crippen LogP contribution is 2.32. The Morgan fingerprint density at radius 3 is 2.68 bits per heavy atom. The van der Waals surface area contributed by atoms with Crippen molar-refractivity contribution in [3.63, 3.8) is 0 Å². The molecule has 7 heteroatoms. The molecule has 28 heavy (non-hydrogen) atoms. The van der Waals surface area contributed by atoms with Crippen LogP contribution in [0.4, 0.5) is 4.79 Å². The summed E-state index contributed by atoms with van der Waals surface area (Å²) in [6, 6.07) is 8.86. The van der Waals surface area contributed by atoms with E-state index in [-0.39, 0.29) is 6.03 Å². The second-order valence-corrected chi connectivity index (χ2v) is 8.94. The first-order chi connectivity index (χ1) is 13.4. The lowest BCUT2D eigenvalue weighted by molar-refractivity contribution is -0.136. The van der Waals surface area contributed by atoms with Crippen molar-refractivity contribution >= 4 is 23.8 Å². The third-order valence-electron chi connectivity index (χ3n) is 5.41. The van der Waals surface area contributed by atoms with E-state index in [1.807, 2.05) is 42.1 Å². The minimum absolute atomic E-state index is 0.205. The number of carbonyl (C=O) groups excluding carboxylic acids is 2. The lowest BCUT2D eigenvalue weighted by atomic mass is 9.94. The molecule has 6 nitrogen and oxygen atoms in total. The molecule has 2 amide bonds. The normalized spacial score (nSPS) is 23.8. The van der Waals surface area contributed by atoms with Crippen LogP contribution in [-0.2, 0) is 9.53 Å². The van der Waals surface area contributed by atoms with Gasteiger partial charge in [0.25, 0.3) is 0 Å². The van der Waals surface area contributed by atoms with Gasteiger partial charge in [-0.25, -0.2) is 9.59 Å². The van der Waals surface area contributed by atoms with Crippen LogP contribution in [0.1, 0.15) is 25.5 Å². The average molecular weight is 404 g/mol. The monoisotopic (exact) mass is 403 g/mol. The number of nitrogens with one attached hydrogen (secondary N) is 1. The molecule has 2 heterocycles. The number of amides is 2. The minimum atomic E-state index is -0.507. The van der Waals surface area contributed by atoms with Crippen LogP contribution in [0.25, 0.3) is 0 Å². The Kier molecular flexibility index (Phi) is 6.67. The van der Waals surface area contributed by atoms with E-state index in [9.17, 15) is 9.59 Å². The molecule has 2 atom stereocenters. The second-order valence-electron chi connectivity index (χ2n) is 7.59. The van der Waals surface area contributed by atoms with Crippen LogP contribution < -0.4 is 5.32 Å². The van der Waals surface area contributed by atoms with E-state index in [0.29, 0.717) is 23.3 Å². The van der Waals surface area contributed by atoms with Crippen molar-refractivity contribution in [2.24, 2.45) is 5.92 Å². The number of ether oxygens (including phenoxy) is 1. The number of methoxy groups -OCH3 is 1. The molecule has 152 valence electrons. The van der Waals surface area contributed by atoms with Gasteiger partial charge in [-0.3, -0.25) is 9.80 Å². The number of rotatable bonds is 5. The van der Waals surface area contributed by atoms with Crippen LogP contribution in [0.2, 0.25) is 0 Å². The first kappa shape index (κ1) is 20.7. The number of hydrogen-bond donors (Lipinski definition) is 1. The number of urea groups is 1. The zero-order valence-electron chi connectivity index (χ0n) is 17.0. The van der Waals surface area contributed by atoms with Gasteiger partial charge in [-0.1, -0.05) is 44.2 Å². The summed E-state index contributed by atoms with van der Waals surface area (Å²) in [7, 11) is 3.10. The summed E-state index contributed by atoms with van der Waals surface area (Å²) in [5, 5.41) is 3.51. The predicted octanol–water partition coefficient (Wildman–Crippen LogP) is 2.88. The average Bonchev–Trinajstić information content (AvgIpc) is 2.71. The Labute approximate surface area is 171 Å². The van der Waals surface area contributed by atoms with Crippen molar-refractivity contribution in [1.29, 1.82) is 0 Å². The highest BCUT2D eigenvalue weighted by atomic mass is 32.2. The molecule has 2 aliphatic rings. The van der Waals surface area contributed by atoms with Crippen LogP contribution in [0.5, 0.6) is 0 Å². The van der Waals surface area contributed by atoms with E-state index in [0.717, 1.165) is 30.1 Å². The molecule has 0 radical (unpaired) electrons. The lowest BCUT2D eigenvalue weighted by Gasteiger charge is -2.39. The van der Waals surface area contributed by atoms with Crippen LogP contribution in [0, 0.1) is 5.92 Å². The summed E-state index contributed by atoms with van der Waals surface area (Å²) < 4.78 is 5.11. The summed E-state index contributed by atoms with van der Waals surface area (Å²) in [4.78, 5) is 29.3. The molecule has 0 saturated carbocycles. The van der Waals surface area contributed by atoms with Crippen molar-refractivity contribution in [2.75, 3.05) is 39.5 Å². The highest BCUT2D eigenvalue weighted by molar-refractivity contribution is 8.00. The van der Waals surface area contributed by atoms with Gasteiger partial charge >= 0.3 is 12.0 Å². The third kappa shape index (κ3) is 4.36. The van der Waals surface area contributed by atoms with Gasteiger partial charge < -0.3 is 10.1 Å². The fourth-order valence-electron chi connectivity index (χ4n) is 3.69. The molecule has 1 aromatic carbocycles. The van der Waals surface area contributed by atoms with Gasteiger partial charge in [0, 0.05) is 43.4 Å². The molecule has 0 aromatic heterocycles. The number of carbonyl (C=O) groups is 2. The van der Waals surface area contributed by atoms with Gasteiger partial charge in [-0.2, -0.15) is 11.8 Å². The van der Waals surface area contributed by atoms with Crippen molar-refractivity contribution in [3.05, 3.63) is 47.2 Å². The molecular weight excluding hydrogens is 374 g/mol. The summed E-state index contributed by atoms with van der Waals surface area (Å²) in [6.07, 6.45) is 0. The molecule has 2 unspecified atom stereocenters. The van der Waals surface area contributed by atoms with E-state index >= 15 is 0 Å². The highest BCUT2D eigenvalue weighted by Gasteiger charge is 2.37. The number of hydrogen-bond acceptors (Lipinski definition) is 5. The van der Waals surface area contributed by atoms with Crippen molar-refractivity contribution in [2.45, 2.75) is 25.1 Å². The summed E-state index contributed by atoms with van der Waals surface area (Å²) in [5.41, 5.74) is 2.10. The number of thioether (sulfide) groups is 1. The largest absolute Gasteiger partial charge is 0.466 e. The fraction of sp³-hybridized carbons (Fsp3) is 0.524. The lowest BCUT2D eigenvalue weighted by Crippen LogP contribution is -2.50. The van der Waals surface area contributed by atoms with E-state index in [4.69, 9.17) is 4.74 Å². The molecule has 2 aliphatic heterocycles. The molecule has 1 N–H and O–H groups in total. The SMILES string of the molecule is COC(=O)C1=C(CN2CCSC(C(C)C)C2)N(C)C(=O)NC1c1ccccc1. The molecule has 0 aliphatic carbocycles. The molecular formula is C21H29N3O3S. The van der Waals surface area contributed by atoms with Crippen molar-refractivity contribution < 1.29 is 14.3 Å². The number of nitrogens with zero attached hydrogens (tertiary/aromatic N) is 2. The van der Waals surface area contributed by atoms with Gasteiger partial charge in [0.2, 0.25) is 0 Å². The van der Waals surface area contributed by atoms with Gasteiger partial charge in [-0.05, 0) is 11.5 Å². The number of esters is 1. The number of benzene rings is 1. The standard InChI is InChI=1S/C21H29N3O3S/c1-14(2)17-13-24(10-11-28-17)12-16-18(20(25)27-4)19(22-21(26)23(16)3)15-8-6-5-7-9-15/h5-9,14,17,19H,10-13H2,1-4H3,(H,22,26). The molecule has 1 fully saturated rings. The first-order valence-corrected chi connectivity index (χ1v) is 10.7. The Morgan fingerprint density at radius 2 is 2.04 bits per heavy atom. The third-order valence-corrected chi connectivity index (χ3v) is 6.95.